The molecule has 0 aromatic heterocycles. The molecule has 2 atom stereocenters. The number of rotatable bonds is 4. The second-order valence-electron chi connectivity index (χ2n) is 9.06. The zero-order valence-corrected chi connectivity index (χ0v) is 15.4. The van der Waals surface area contributed by atoms with E-state index in [0.717, 1.165) is 35.5 Å². The van der Waals surface area contributed by atoms with Crippen LogP contribution < -0.4 is 0 Å². The van der Waals surface area contributed by atoms with Gasteiger partial charge in [-0.2, -0.15) is 0 Å². The summed E-state index contributed by atoms with van der Waals surface area (Å²) in [5, 5.41) is 0. The van der Waals surface area contributed by atoms with Gasteiger partial charge in [0.05, 0.1) is 0 Å². The van der Waals surface area contributed by atoms with E-state index in [4.69, 9.17) is 0 Å². The lowest BCUT2D eigenvalue weighted by molar-refractivity contribution is 0.1000. The minimum atomic E-state index is 1.07. The molecule has 0 saturated heterocycles. The first-order valence-corrected chi connectivity index (χ1v) is 10.8. The maximum absolute atomic E-state index is 2.41. The summed E-state index contributed by atoms with van der Waals surface area (Å²) in [5.41, 5.74) is 0. The summed E-state index contributed by atoms with van der Waals surface area (Å²) in [6.07, 6.45) is 21.6. The van der Waals surface area contributed by atoms with E-state index in [0.29, 0.717) is 0 Å². The fourth-order valence-corrected chi connectivity index (χ4v) is 6.29. The normalized spacial score (nSPS) is 43.9. The van der Waals surface area contributed by atoms with Crippen LogP contribution in [0.15, 0.2) is 0 Å². The van der Waals surface area contributed by atoms with Crippen LogP contribution in [0.1, 0.15) is 104 Å². The molecule has 0 nitrogen and oxygen atoms in total. The van der Waals surface area contributed by atoms with Crippen LogP contribution in [-0.2, 0) is 0 Å². The van der Waals surface area contributed by atoms with Crippen molar-refractivity contribution in [3.05, 3.63) is 0 Å². The molecule has 0 spiro atoms. The van der Waals surface area contributed by atoms with Crippen molar-refractivity contribution in [3.63, 3.8) is 0 Å². The van der Waals surface area contributed by atoms with Gasteiger partial charge in [-0.05, 0) is 80.5 Å². The van der Waals surface area contributed by atoms with Crippen molar-refractivity contribution >= 4 is 0 Å². The van der Waals surface area contributed by atoms with Crippen molar-refractivity contribution in [2.24, 2.45) is 35.5 Å². The molecule has 3 rings (SSSR count). The van der Waals surface area contributed by atoms with Gasteiger partial charge in [0.15, 0.2) is 0 Å². The molecule has 0 bridgehead atoms. The van der Waals surface area contributed by atoms with Crippen LogP contribution in [0.25, 0.3) is 0 Å². The zero-order valence-electron chi connectivity index (χ0n) is 15.4. The molecule has 0 N–H and O–H groups in total. The van der Waals surface area contributed by atoms with E-state index in [-0.39, 0.29) is 0 Å². The van der Waals surface area contributed by atoms with Crippen molar-refractivity contribution in [1.82, 2.24) is 0 Å². The van der Waals surface area contributed by atoms with Crippen LogP contribution in [0.3, 0.4) is 0 Å². The molecule has 0 aromatic rings. The standard InChI is InChI=1S/C22H40/c1-3-17-8-10-19(11-9-17)20-12-14-21(15-13-20)22-7-5-6-18(4-2)16-22/h17-22H,3-16H2,1-2H3. The smallest absolute Gasteiger partial charge is 0.0383 e. The Kier molecular flexibility index (Phi) is 6.28. The molecule has 0 aromatic carbocycles. The van der Waals surface area contributed by atoms with Crippen molar-refractivity contribution < 1.29 is 0 Å². The van der Waals surface area contributed by atoms with Crippen LogP contribution in [0, 0.1) is 35.5 Å². The van der Waals surface area contributed by atoms with E-state index in [1.807, 2.05) is 0 Å². The van der Waals surface area contributed by atoms with Gasteiger partial charge < -0.3 is 0 Å². The number of hydrogen-bond acceptors (Lipinski definition) is 0. The van der Waals surface area contributed by atoms with Crippen LogP contribution in [0.2, 0.25) is 0 Å². The van der Waals surface area contributed by atoms with E-state index in [2.05, 4.69) is 13.8 Å². The average Bonchev–Trinajstić information content (AvgIpc) is 2.62. The van der Waals surface area contributed by atoms with Crippen molar-refractivity contribution in [2.45, 2.75) is 104 Å². The zero-order chi connectivity index (χ0) is 15.4. The predicted molar refractivity (Wildman–Crippen MR) is 96.9 cm³/mol. The molecular formula is C22H40. The molecule has 0 aliphatic heterocycles. The van der Waals surface area contributed by atoms with Gasteiger partial charge in [-0.25, -0.2) is 0 Å². The van der Waals surface area contributed by atoms with Crippen LogP contribution in [0.5, 0.6) is 0 Å². The minimum absolute atomic E-state index is 1.07. The SMILES string of the molecule is CCC1CCC(C2CCC(C3CCCC(CC)C3)CC2)CC1. The molecule has 0 radical (unpaired) electrons. The van der Waals surface area contributed by atoms with E-state index in [1.54, 1.807) is 64.2 Å². The molecule has 3 aliphatic rings. The topological polar surface area (TPSA) is 0 Å². The first kappa shape index (κ1) is 16.8. The lowest BCUT2D eigenvalue weighted by Crippen LogP contribution is -2.30. The lowest BCUT2D eigenvalue weighted by atomic mass is 9.64. The van der Waals surface area contributed by atoms with E-state index >= 15 is 0 Å². The molecule has 0 amide bonds. The van der Waals surface area contributed by atoms with Crippen molar-refractivity contribution in [3.8, 4) is 0 Å². The fourth-order valence-electron chi connectivity index (χ4n) is 6.29. The molecule has 128 valence electrons. The van der Waals surface area contributed by atoms with E-state index in [1.165, 1.54) is 25.7 Å². The molecule has 2 unspecified atom stereocenters. The average molecular weight is 305 g/mol. The molecule has 3 aliphatic carbocycles. The Bertz CT molecular complexity index is 304. The van der Waals surface area contributed by atoms with Gasteiger partial charge in [0.25, 0.3) is 0 Å². The third-order valence-electron chi connectivity index (χ3n) is 8.02. The summed E-state index contributed by atoms with van der Waals surface area (Å²) < 4.78 is 0. The van der Waals surface area contributed by atoms with E-state index < -0.39 is 0 Å². The summed E-state index contributed by atoms with van der Waals surface area (Å²) in [5.74, 6) is 6.58. The third kappa shape index (κ3) is 4.09. The van der Waals surface area contributed by atoms with Gasteiger partial charge in [-0.3, -0.25) is 0 Å². The number of hydrogen-bond donors (Lipinski definition) is 0. The van der Waals surface area contributed by atoms with Crippen LogP contribution >= 0.6 is 0 Å². The molecule has 22 heavy (non-hydrogen) atoms. The molecule has 3 saturated carbocycles. The summed E-state index contributed by atoms with van der Waals surface area (Å²) in [6.45, 7) is 4.81. The summed E-state index contributed by atoms with van der Waals surface area (Å²) >= 11 is 0. The first-order valence-electron chi connectivity index (χ1n) is 10.8. The maximum Gasteiger partial charge on any atom is -0.0383 e. The van der Waals surface area contributed by atoms with Crippen LogP contribution in [-0.4, -0.2) is 0 Å². The van der Waals surface area contributed by atoms with Gasteiger partial charge >= 0.3 is 0 Å². The largest absolute Gasteiger partial charge is 0.0651 e. The van der Waals surface area contributed by atoms with Crippen molar-refractivity contribution in [2.75, 3.05) is 0 Å². The Morgan fingerprint density at radius 1 is 0.500 bits per heavy atom. The van der Waals surface area contributed by atoms with Gasteiger partial charge in [0.1, 0.15) is 0 Å². The molecule has 0 heteroatoms. The Morgan fingerprint density at radius 2 is 1.00 bits per heavy atom. The minimum Gasteiger partial charge on any atom is -0.0651 e. The Balaban J connectivity index is 1.42. The van der Waals surface area contributed by atoms with Crippen molar-refractivity contribution in [1.29, 1.82) is 0 Å². The Hall–Kier alpha value is 0. The first-order chi connectivity index (χ1) is 10.8. The lowest BCUT2D eigenvalue weighted by Gasteiger charge is -2.41. The summed E-state index contributed by atoms with van der Waals surface area (Å²) in [4.78, 5) is 0. The highest BCUT2D eigenvalue weighted by molar-refractivity contribution is 4.85. The monoisotopic (exact) mass is 304 g/mol. The third-order valence-corrected chi connectivity index (χ3v) is 8.02. The highest BCUT2D eigenvalue weighted by Crippen LogP contribution is 2.46. The molecule has 3 fully saturated rings. The molecule has 0 heterocycles. The second-order valence-corrected chi connectivity index (χ2v) is 9.06. The van der Waals surface area contributed by atoms with Gasteiger partial charge in [0.2, 0.25) is 0 Å². The Labute approximate surface area is 139 Å². The van der Waals surface area contributed by atoms with Gasteiger partial charge in [-0.15, -0.1) is 0 Å². The maximum atomic E-state index is 2.41. The fraction of sp³-hybridized carbons (Fsp3) is 1.00. The molecular weight excluding hydrogens is 264 g/mol. The summed E-state index contributed by atoms with van der Waals surface area (Å²) in [6, 6.07) is 0. The van der Waals surface area contributed by atoms with Gasteiger partial charge in [0, 0.05) is 0 Å². The van der Waals surface area contributed by atoms with Crippen LogP contribution in [0.4, 0.5) is 0 Å². The second kappa shape index (κ2) is 8.20. The highest BCUT2D eigenvalue weighted by atomic mass is 14.4. The Morgan fingerprint density at radius 3 is 1.55 bits per heavy atom. The highest BCUT2D eigenvalue weighted by Gasteiger charge is 2.34. The van der Waals surface area contributed by atoms with Gasteiger partial charge in [-0.1, -0.05) is 58.8 Å². The quantitative estimate of drug-likeness (QED) is 0.514. The van der Waals surface area contributed by atoms with E-state index in [9.17, 15) is 0 Å². The predicted octanol–water partition coefficient (Wildman–Crippen LogP) is 7.23. The summed E-state index contributed by atoms with van der Waals surface area (Å²) in [7, 11) is 0.